The second kappa shape index (κ2) is 8.64. The first-order valence-electron chi connectivity index (χ1n) is 11.2. The van der Waals surface area contributed by atoms with Gasteiger partial charge in [-0.1, -0.05) is 19.3 Å². The van der Waals surface area contributed by atoms with Gasteiger partial charge < -0.3 is 15.1 Å². The van der Waals surface area contributed by atoms with Crippen LogP contribution in [-0.4, -0.2) is 38.6 Å². The van der Waals surface area contributed by atoms with Crippen LogP contribution in [0.4, 0.5) is 11.4 Å². The Morgan fingerprint density at radius 3 is 1.93 bits per heavy atom. The van der Waals surface area contributed by atoms with E-state index >= 15 is 0 Å². The Morgan fingerprint density at radius 1 is 0.704 bits per heavy atom. The maximum atomic E-state index is 12.9. The molecular weight excluding hydrogens is 334 g/mol. The fraction of sp³-hybridized carbons (Fsp3) is 0.696. The minimum absolute atomic E-state index is 0.0220. The number of hydrogen-bond acceptors (Lipinski definition) is 3. The van der Waals surface area contributed by atoms with Gasteiger partial charge in [0.25, 0.3) is 0 Å². The molecule has 3 saturated heterocycles. The van der Waals surface area contributed by atoms with E-state index in [-0.39, 0.29) is 5.41 Å². The van der Waals surface area contributed by atoms with E-state index < -0.39 is 0 Å². The van der Waals surface area contributed by atoms with E-state index in [2.05, 4.69) is 34.5 Å². The first-order chi connectivity index (χ1) is 13.3. The molecule has 4 heteroatoms. The molecule has 148 valence electrons. The van der Waals surface area contributed by atoms with E-state index in [0.29, 0.717) is 5.91 Å². The third kappa shape index (κ3) is 4.16. The second-order valence-electron chi connectivity index (χ2n) is 8.72. The lowest BCUT2D eigenvalue weighted by atomic mass is 9.73. The Bertz CT molecular complexity index is 603. The van der Waals surface area contributed by atoms with Crippen LogP contribution in [0.25, 0.3) is 0 Å². The molecule has 1 amide bonds. The number of nitrogens with zero attached hydrogens (tertiary/aromatic N) is 2. The van der Waals surface area contributed by atoms with E-state index in [1.807, 2.05) is 4.90 Å². The van der Waals surface area contributed by atoms with Crippen molar-refractivity contribution in [2.24, 2.45) is 5.41 Å². The fourth-order valence-corrected chi connectivity index (χ4v) is 5.20. The van der Waals surface area contributed by atoms with Crippen LogP contribution in [0.2, 0.25) is 0 Å². The molecule has 1 saturated carbocycles. The van der Waals surface area contributed by atoms with Crippen molar-refractivity contribution < 1.29 is 4.79 Å². The molecule has 0 radical (unpaired) electrons. The minimum Gasteiger partial charge on any atom is -0.372 e. The van der Waals surface area contributed by atoms with Crippen LogP contribution in [0, 0.1) is 5.41 Å². The highest BCUT2D eigenvalue weighted by molar-refractivity contribution is 6.00. The van der Waals surface area contributed by atoms with Crippen molar-refractivity contribution in [3.63, 3.8) is 0 Å². The Labute approximate surface area is 164 Å². The predicted octanol–water partition coefficient (Wildman–Crippen LogP) is 4.34. The largest absolute Gasteiger partial charge is 0.372 e. The summed E-state index contributed by atoms with van der Waals surface area (Å²) in [6.45, 7) is 5.75. The molecule has 4 fully saturated rings. The highest BCUT2D eigenvalue weighted by atomic mass is 16.2. The van der Waals surface area contributed by atoms with E-state index in [1.54, 1.807) is 0 Å². The SMILES string of the molecule is C1CCNC1.O=C1N(c2ccc(N3CCCC3)cc2)CCC12CCCCC2. The maximum absolute atomic E-state index is 12.9. The number of anilines is 2. The Morgan fingerprint density at radius 2 is 1.33 bits per heavy atom. The minimum atomic E-state index is -0.0220. The van der Waals surface area contributed by atoms with Crippen LogP contribution in [0.3, 0.4) is 0 Å². The summed E-state index contributed by atoms with van der Waals surface area (Å²) in [7, 11) is 0. The van der Waals surface area contributed by atoms with Gasteiger partial charge in [-0.3, -0.25) is 4.79 Å². The summed E-state index contributed by atoms with van der Waals surface area (Å²) >= 11 is 0. The van der Waals surface area contributed by atoms with E-state index in [9.17, 15) is 4.79 Å². The number of hydrogen-bond donors (Lipinski definition) is 1. The Balaban J connectivity index is 0.000000314. The standard InChI is InChI=1S/C19H26N2O.C4H9N/c22-18-19(10-2-1-3-11-19)12-15-21(18)17-8-6-16(7-9-17)20-13-4-5-14-20;1-2-4-5-3-1/h6-9H,1-5,10-15H2;5H,1-4H2. The van der Waals surface area contributed by atoms with Gasteiger partial charge in [-0.25, -0.2) is 0 Å². The van der Waals surface area contributed by atoms with Gasteiger partial charge in [-0.2, -0.15) is 0 Å². The van der Waals surface area contributed by atoms with Gasteiger partial charge in [0.2, 0.25) is 5.91 Å². The summed E-state index contributed by atoms with van der Waals surface area (Å²) < 4.78 is 0. The van der Waals surface area contributed by atoms with Crippen molar-refractivity contribution in [1.29, 1.82) is 0 Å². The molecule has 0 atom stereocenters. The lowest BCUT2D eigenvalue weighted by Crippen LogP contribution is -2.36. The number of nitrogens with one attached hydrogen (secondary N) is 1. The molecule has 1 aliphatic carbocycles. The number of benzene rings is 1. The molecule has 1 N–H and O–H groups in total. The maximum Gasteiger partial charge on any atom is 0.233 e. The van der Waals surface area contributed by atoms with Crippen molar-refractivity contribution in [3.05, 3.63) is 24.3 Å². The first kappa shape index (κ1) is 18.8. The number of rotatable bonds is 2. The van der Waals surface area contributed by atoms with E-state index in [4.69, 9.17) is 0 Å². The van der Waals surface area contributed by atoms with E-state index in [0.717, 1.165) is 31.5 Å². The summed E-state index contributed by atoms with van der Waals surface area (Å²) in [6, 6.07) is 8.68. The topological polar surface area (TPSA) is 35.6 Å². The van der Waals surface area contributed by atoms with Crippen LogP contribution in [0.15, 0.2) is 24.3 Å². The fourth-order valence-electron chi connectivity index (χ4n) is 5.20. The summed E-state index contributed by atoms with van der Waals surface area (Å²) in [5, 5.41) is 3.22. The van der Waals surface area contributed by atoms with Crippen LogP contribution in [-0.2, 0) is 4.79 Å². The molecule has 0 bridgehead atoms. The Hall–Kier alpha value is -1.55. The summed E-state index contributed by atoms with van der Waals surface area (Å²) in [5.74, 6) is 0.390. The number of carbonyl (C=O) groups is 1. The predicted molar refractivity (Wildman–Crippen MR) is 112 cm³/mol. The molecule has 0 unspecified atom stereocenters. The lowest BCUT2D eigenvalue weighted by molar-refractivity contribution is -0.127. The van der Waals surface area contributed by atoms with Gasteiger partial charge >= 0.3 is 0 Å². The first-order valence-corrected chi connectivity index (χ1v) is 11.2. The van der Waals surface area contributed by atoms with Gasteiger partial charge in [-0.15, -0.1) is 0 Å². The van der Waals surface area contributed by atoms with Gasteiger partial charge in [-0.05, 0) is 82.3 Å². The van der Waals surface area contributed by atoms with Gasteiger partial charge in [0.15, 0.2) is 0 Å². The normalized spacial score (nSPS) is 24.4. The van der Waals surface area contributed by atoms with Crippen LogP contribution in [0.5, 0.6) is 0 Å². The molecule has 3 heterocycles. The molecule has 5 rings (SSSR count). The third-order valence-corrected chi connectivity index (χ3v) is 6.91. The molecule has 1 spiro atoms. The molecule has 4 nitrogen and oxygen atoms in total. The molecule has 4 aliphatic rings. The van der Waals surface area contributed by atoms with Crippen molar-refractivity contribution >= 4 is 17.3 Å². The number of carbonyl (C=O) groups excluding carboxylic acids is 1. The van der Waals surface area contributed by atoms with E-state index in [1.165, 1.54) is 76.8 Å². The summed E-state index contributed by atoms with van der Waals surface area (Å²) in [5.41, 5.74) is 2.38. The van der Waals surface area contributed by atoms with Gasteiger partial charge in [0.05, 0.1) is 5.41 Å². The van der Waals surface area contributed by atoms with Gasteiger partial charge in [0, 0.05) is 31.0 Å². The molecule has 1 aromatic rings. The van der Waals surface area contributed by atoms with Crippen LogP contribution >= 0.6 is 0 Å². The highest BCUT2D eigenvalue weighted by Crippen LogP contribution is 2.46. The average molecular weight is 370 g/mol. The smallest absolute Gasteiger partial charge is 0.233 e. The molecule has 3 aliphatic heterocycles. The zero-order valence-corrected chi connectivity index (χ0v) is 16.7. The summed E-state index contributed by atoms with van der Waals surface area (Å²) in [6.07, 6.45) is 12.4. The van der Waals surface area contributed by atoms with Crippen LogP contribution in [0.1, 0.15) is 64.2 Å². The van der Waals surface area contributed by atoms with Gasteiger partial charge in [0.1, 0.15) is 0 Å². The van der Waals surface area contributed by atoms with Crippen molar-refractivity contribution in [3.8, 4) is 0 Å². The monoisotopic (exact) mass is 369 g/mol. The summed E-state index contributed by atoms with van der Waals surface area (Å²) in [4.78, 5) is 17.4. The molecule has 0 aromatic heterocycles. The molecule has 1 aromatic carbocycles. The second-order valence-corrected chi connectivity index (χ2v) is 8.72. The third-order valence-electron chi connectivity index (χ3n) is 6.91. The number of amides is 1. The van der Waals surface area contributed by atoms with Crippen molar-refractivity contribution in [1.82, 2.24) is 5.32 Å². The highest BCUT2D eigenvalue weighted by Gasteiger charge is 2.47. The zero-order valence-electron chi connectivity index (χ0n) is 16.7. The van der Waals surface area contributed by atoms with Crippen molar-refractivity contribution in [2.45, 2.75) is 64.2 Å². The quantitative estimate of drug-likeness (QED) is 0.842. The van der Waals surface area contributed by atoms with Crippen molar-refractivity contribution in [2.75, 3.05) is 42.5 Å². The Kier molecular flexibility index (Phi) is 6.01. The zero-order chi connectivity index (χ0) is 18.5. The molecular formula is C23H35N3O. The van der Waals surface area contributed by atoms with Crippen LogP contribution < -0.4 is 15.1 Å². The average Bonchev–Trinajstić information content (AvgIpc) is 3.49. The molecule has 27 heavy (non-hydrogen) atoms. The lowest BCUT2D eigenvalue weighted by Gasteiger charge is -2.31.